The molecule has 0 aromatic heterocycles. The van der Waals surface area contributed by atoms with Gasteiger partial charge in [-0.2, -0.15) is 0 Å². The summed E-state index contributed by atoms with van der Waals surface area (Å²) in [4.78, 5) is 11.3. The monoisotopic (exact) mass is 176 g/mol. The SMILES string of the molecule is C/C=C(\C)C(=O)Oc1ccccc1. The first kappa shape index (κ1) is 9.52. The maximum atomic E-state index is 11.3. The van der Waals surface area contributed by atoms with Gasteiger partial charge in [0.2, 0.25) is 0 Å². The van der Waals surface area contributed by atoms with E-state index in [9.17, 15) is 4.79 Å². The van der Waals surface area contributed by atoms with Gasteiger partial charge in [-0.25, -0.2) is 4.79 Å². The van der Waals surface area contributed by atoms with E-state index in [0.717, 1.165) is 0 Å². The molecule has 0 aliphatic carbocycles. The minimum atomic E-state index is -0.297. The third-order valence-corrected chi connectivity index (χ3v) is 1.71. The number of hydrogen-bond acceptors (Lipinski definition) is 2. The van der Waals surface area contributed by atoms with Crippen molar-refractivity contribution in [2.75, 3.05) is 0 Å². The molecule has 1 aromatic rings. The van der Waals surface area contributed by atoms with Gasteiger partial charge in [-0.1, -0.05) is 24.3 Å². The molecule has 0 amide bonds. The Balaban J connectivity index is 2.66. The van der Waals surface area contributed by atoms with Gasteiger partial charge in [0, 0.05) is 5.57 Å². The van der Waals surface area contributed by atoms with E-state index < -0.39 is 0 Å². The number of benzene rings is 1. The Bertz CT molecular complexity index is 312. The third kappa shape index (κ3) is 2.75. The topological polar surface area (TPSA) is 26.3 Å². The molecule has 0 saturated carbocycles. The normalized spacial score (nSPS) is 11.1. The van der Waals surface area contributed by atoms with Crippen LogP contribution in [0.1, 0.15) is 13.8 Å². The molecule has 0 atom stereocenters. The third-order valence-electron chi connectivity index (χ3n) is 1.71. The molecule has 0 radical (unpaired) electrons. The van der Waals surface area contributed by atoms with Crippen LogP contribution < -0.4 is 4.74 Å². The molecule has 2 heteroatoms. The Morgan fingerprint density at radius 2 is 1.92 bits per heavy atom. The van der Waals surface area contributed by atoms with Crippen LogP contribution in [0.15, 0.2) is 42.0 Å². The standard InChI is InChI=1S/C11H12O2/c1-3-9(2)11(12)13-10-7-5-4-6-8-10/h3-8H,1-2H3/b9-3+. The number of hydrogen-bond donors (Lipinski definition) is 0. The Labute approximate surface area is 77.8 Å². The number of ether oxygens (including phenoxy) is 1. The Morgan fingerprint density at radius 3 is 2.46 bits per heavy atom. The molecule has 0 aliphatic rings. The first-order chi connectivity index (χ1) is 6.24. The van der Waals surface area contributed by atoms with Gasteiger partial charge in [0.05, 0.1) is 0 Å². The number of carbonyl (C=O) groups is 1. The Kier molecular flexibility index (Phi) is 3.26. The van der Waals surface area contributed by atoms with Crippen LogP contribution >= 0.6 is 0 Å². The van der Waals surface area contributed by atoms with E-state index >= 15 is 0 Å². The van der Waals surface area contributed by atoms with E-state index in [4.69, 9.17) is 4.74 Å². The van der Waals surface area contributed by atoms with Crippen molar-refractivity contribution >= 4 is 5.97 Å². The highest BCUT2D eigenvalue weighted by Crippen LogP contribution is 2.10. The minimum Gasteiger partial charge on any atom is -0.423 e. The fourth-order valence-electron chi connectivity index (χ4n) is 0.794. The van der Waals surface area contributed by atoms with Gasteiger partial charge in [0.1, 0.15) is 5.75 Å². The number of rotatable bonds is 2. The lowest BCUT2D eigenvalue weighted by Gasteiger charge is -2.02. The highest BCUT2D eigenvalue weighted by molar-refractivity contribution is 5.89. The average molecular weight is 176 g/mol. The van der Waals surface area contributed by atoms with Gasteiger partial charge < -0.3 is 4.74 Å². The van der Waals surface area contributed by atoms with Crippen LogP contribution in [0, 0.1) is 0 Å². The number of carbonyl (C=O) groups excluding carboxylic acids is 1. The predicted molar refractivity (Wildman–Crippen MR) is 51.5 cm³/mol. The molecule has 0 N–H and O–H groups in total. The summed E-state index contributed by atoms with van der Waals surface area (Å²) in [6.07, 6.45) is 1.73. The molecule has 0 aliphatic heterocycles. The van der Waals surface area contributed by atoms with Gasteiger partial charge in [-0.05, 0) is 26.0 Å². The maximum absolute atomic E-state index is 11.3. The lowest BCUT2D eigenvalue weighted by molar-refractivity contribution is -0.130. The van der Waals surface area contributed by atoms with Crippen LogP contribution in [0.5, 0.6) is 5.75 Å². The molecule has 0 heterocycles. The summed E-state index contributed by atoms with van der Waals surface area (Å²) in [5.41, 5.74) is 0.615. The fourth-order valence-corrected chi connectivity index (χ4v) is 0.794. The summed E-state index contributed by atoms with van der Waals surface area (Å²) < 4.78 is 5.06. The van der Waals surface area contributed by atoms with Crippen molar-refractivity contribution < 1.29 is 9.53 Å². The van der Waals surface area contributed by atoms with E-state index in [2.05, 4.69) is 0 Å². The second kappa shape index (κ2) is 4.45. The summed E-state index contributed by atoms with van der Waals surface area (Å²) in [5, 5.41) is 0. The second-order valence-electron chi connectivity index (χ2n) is 2.67. The highest BCUT2D eigenvalue weighted by atomic mass is 16.5. The number of allylic oxidation sites excluding steroid dienone is 1. The zero-order chi connectivity index (χ0) is 9.68. The second-order valence-corrected chi connectivity index (χ2v) is 2.67. The first-order valence-corrected chi connectivity index (χ1v) is 4.14. The molecule has 0 fully saturated rings. The Morgan fingerprint density at radius 1 is 1.31 bits per heavy atom. The first-order valence-electron chi connectivity index (χ1n) is 4.14. The van der Waals surface area contributed by atoms with Crippen molar-refractivity contribution in [3.05, 3.63) is 42.0 Å². The molecule has 2 nitrogen and oxygen atoms in total. The Hall–Kier alpha value is -1.57. The van der Waals surface area contributed by atoms with Gasteiger partial charge in [-0.15, -0.1) is 0 Å². The molecule has 1 rings (SSSR count). The predicted octanol–water partition coefficient (Wildman–Crippen LogP) is 2.56. The summed E-state index contributed by atoms with van der Waals surface area (Å²) in [6, 6.07) is 9.03. The molecule has 0 bridgehead atoms. The average Bonchev–Trinajstić information content (AvgIpc) is 2.18. The summed E-state index contributed by atoms with van der Waals surface area (Å²) >= 11 is 0. The molecule has 13 heavy (non-hydrogen) atoms. The van der Waals surface area contributed by atoms with Gasteiger partial charge in [0.25, 0.3) is 0 Å². The molecule has 68 valence electrons. The van der Waals surface area contributed by atoms with Gasteiger partial charge in [0.15, 0.2) is 0 Å². The minimum absolute atomic E-state index is 0.297. The number of esters is 1. The highest BCUT2D eigenvalue weighted by Gasteiger charge is 2.04. The molecular weight excluding hydrogens is 164 g/mol. The molecule has 0 spiro atoms. The lowest BCUT2D eigenvalue weighted by atomic mass is 10.3. The van der Waals surface area contributed by atoms with Crippen LogP contribution in [-0.4, -0.2) is 5.97 Å². The summed E-state index contributed by atoms with van der Waals surface area (Å²) in [7, 11) is 0. The van der Waals surface area contributed by atoms with Crippen molar-refractivity contribution in [2.24, 2.45) is 0 Å². The molecule has 0 saturated heterocycles. The smallest absolute Gasteiger partial charge is 0.338 e. The van der Waals surface area contributed by atoms with Crippen molar-refractivity contribution in [1.82, 2.24) is 0 Å². The van der Waals surface area contributed by atoms with E-state index in [1.165, 1.54) is 0 Å². The van der Waals surface area contributed by atoms with Crippen molar-refractivity contribution in [1.29, 1.82) is 0 Å². The van der Waals surface area contributed by atoms with Crippen molar-refractivity contribution in [3.8, 4) is 5.75 Å². The van der Waals surface area contributed by atoms with Crippen LogP contribution in [0.4, 0.5) is 0 Å². The molecule has 0 unspecified atom stereocenters. The summed E-state index contributed by atoms with van der Waals surface area (Å²) in [5.74, 6) is 0.280. The summed E-state index contributed by atoms with van der Waals surface area (Å²) in [6.45, 7) is 3.53. The number of para-hydroxylation sites is 1. The largest absolute Gasteiger partial charge is 0.423 e. The zero-order valence-corrected chi connectivity index (χ0v) is 7.78. The molecule has 1 aromatic carbocycles. The van der Waals surface area contributed by atoms with Crippen LogP contribution in [0.3, 0.4) is 0 Å². The fraction of sp³-hybridized carbons (Fsp3) is 0.182. The van der Waals surface area contributed by atoms with E-state index in [1.807, 2.05) is 25.1 Å². The zero-order valence-electron chi connectivity index (χ0n) is 7.78. The van der Waals surface area contributed by atoms with Crippen molar-refractivity contribution in [2.45, 2.75) is 13.8 Å². The van der Waals surface area contributed by atoms with Crippen LogP contribution in [0.25, 0.3) is 0 Å². The van der Waals surface area contributed by atoms with Crippen molar-refractivity contribution in [3.63, 3.8) is 0 Å². The van der Waals surface area contributed by atoms with E-state index in [0.29, 0.717) is 11.3 Å². The van der Waals surface area contributed by atoms with Gasteiger partial charge in [-0.3, -0.25) is 0 Å². The lowest BCUT2D eigenvalue weighted by Crippen LogP contribution is -2.08. The van der Waals surface area contributed by atoms with Crippen LogP contribution in [0.2, 0.25) is 0 Å². The van der Waals surface area contributed by atoms with E-state index in [1.54, 1.807) is 25.1 Å². The van der Waals surface area contributed by atoms with Crippen LogP contribution in [-0.2, 0) is 4.79 Å². The van der Waals surface area contributed by atoms with E-state index in [-0.39, 0.29) is 5.97 Å². The maximum Gasteiger partial charge on any atom is 0.338 e. The molecular formula is C11H12O2. The quantitative estimate of drug-likeness (QED) is 0.393. The van der Waals surface area contributed by atoms with Gasteiger partial charge >= 0.3 is 5.97 Å².